The highest BCUT2D eigenvalue weighted by Crippen LogP contribution is 2.23. The Labute approximate surface area is 154 Å². The molecule has 1 heterocycles. The summed E-state index contributed by atoms with van der Waals surface area (Å²) in [4.78, 5) is 15.0. The Morgan fingerprint density at radius 3 is 3.04 bits per heavy atom. The van der Waals surface area contributed by atoms with Gasteiger partial charge in [0.1, 0.15) is 5.75 Å². The first-order chi connectivity index (χ1) is 12.7. The molecule has 1 amide bonds. The molecule has 0 fully saturated rings. The zero-order valence-electron chi connectivity index (χ0n) is 14.0. The number of fused-ring (bicyclic) bond motifs is 1. The molecule has 2 aromatic carbocycles. The molecule has 7 nitrogen and oxygen atoms in total. The summed E-state index contributed by atoms with van der Waals surface area (Å²) < 4.78 is 10.8. The quantitative estimate of drug-likeness (QED) is 0.389. The highest BCUT2D eigenvalue weighted by Gasteiger charge is 2.14. The van der Waals surface area contributed by atoms with E-state index < -0.39 is 0 Å². The maximum atomic E-state index is 11.9. The van der Waals surface area contributed by atoms with E-state index >= 15 is 0 Å². The number of oxazole rings is 1. The first kappa shape index (κ1) is 17.8. The van der Waals surface area contributed by atoms with Gasteiger partial charge in [0.05, 0.1) is 18.6 Å². The molecule has 134 valence electrons. The minimum absolute atomic E-state index is 0.150. The van der Waals surface area contributed by atoms with Gasteiger partial charge in [-0.2, -0.15) is 10.1 Å². The predicted molar refractivity (Wildman–Crippen MR) is 96.3 cm³/mol. The van der Waals surface area contributed by atoms with Crippen molar-refractivity contribution in [1.82, 2.24) is 5.43 Å². The third kappa shape index (κ3) is 4.54. The topological polar surface area (TPSA) is 101 Å². The van der Waals surface area contributed by atoms with Gasteiger partial charge in [-0.1, -0.05) is 30.0 Å². The summed E-state index contributed by atoms with van der Waals surface area (Å²) in [5.41, 5.74) is 4.71. The van der Waals surface area contributed by atoms with Gasteiger partial charge in [0.15, 0.2) is 0 Å². The molecule has 1 aromatic heterocycles. The van der Waals surface area contributed by atoms with Gasteiger partial charge in [0.2, 0.25) is 11.1 Å². The third-order valence-electron chi connectivity index (χ3n) is 3.33. The zero-order valence-corrected chi connectivity index (χ0v) is 14.8. The number of H-pyrrole nitrogens is 1. The molecule has 8 heteroatoms. The van der Waals surface area contributed by atoms with Crippen molar-refractivity contribution < 1.29 is 24.0 Å². The van der Waals surface area contributed by atoms with Crippen LogP contribution in [0.1, 0.15) is 12.5 Å². The smallest absolute Gasteiger partial charge is 0.411 e. The summed E-state index contributed by atoms with van der Waals surface area (Å²) in [6.07, 6.45) is 1.46. The lowest BCUT2D eigenvalue weighted by atomic mass is 10.2. The van der Waals surface area contributed by atoms with Crippen molar-refractivity contribution in [2.24, 2.45) is 5.10 Å². The number of carbonyl (C=O) groups excluding carboxylic acids is 1. The number of rotatable bonds is 7. The summed E-state index contributed by atoms with van der Waals surface area (Å²) in [6.45, 7) is 2.21. The number of aromatic amines is 1. The maximum Gasteiger partial charge on any atom is 0.411 e. The van der Waals surface area contributed by atoms with Crippen LogP contribution < -0.4 is 20.3 Å². The molecule has 2 N–H and O–H groups in total. The first-order valence-corrected chi connectivity index (χ1v) is 8.93. The minimum atomic E-state index is -0.273. The van der Waals surface area contributed by atoms with E-state index in [0.717, 1.165) is 11.1 Å². The highest BCUT2D eigenvalue weighted by molar-refractivity contribution is 7.99. The number of benzene rings is 2. The Balaban J connectivity index is 1.52. The monoisotopic (exact) mass is 371 g/mol. The Morgan fingerprint density at radius 1 is 1.38 bits per heavy atom. The number of ether oxygens (including phenoxy) is 1. The number of carbonyl (C=O) groups is 1. The fourth-order valence-corrected chi connectivity index (χ4v) is 2.83. The summed E-state index contributed by atoms with van der Waals surface area (Å²) in [5.74, 6) is -0.0481. The van der Waals surface area contributed by atoms with Crippen molar-refractivity contribution in [2.75, 3.05) is 12.4 Å². The van der Waals surface area contributed by atoms with Gasteiger partial charge in [-0.15, -0.1) is 0 Å². The van der Waals surface area contributed by atoms with Crippen LogP contribution in [0.25, 0.3) is 11.1 Å². The van der Waals surface area contributed by atoms with Crippen LogP contribution in [0, 0.1) is 0 Å². The molecular weight excluding hydrogens is 354 g/mol. The van der Waals surface area contributed by atoms with Gasteiger partial charge in [0, 0.05) is 6.07 Å². The minimum Gasteiger partial charge on any atom is -0.870 e. The number of thioether (sulfide) groups is 1. The second-order valence-corrected chi connectivity index (χ2v) is 6.18. The molecule has 0 aliphatic carbocycles. The molecular formula is C18H17N3O4S. The van der Waals surface area contributed by atoms with Gasteiger partial charge in [-0.05, 0) is 36.4 Å². The first-order valence-electron chi connectivity index (χ1n) is 7.95. The van der Waals surface area contributed by atoms with Crippen LogP contribution in [0.2, 0.25) is 0 Å². The largest absolute Gasteiger partial charge is 0.870 e. The lowest BCUT2D eigenvalue weighted by Gasteiger charge is -2.13. The van der Waals surface area contributed by atoms with Crippen LogP contribution in [0.5, 0.6) is 11.5 Å². The molecule has 0 unspecified atom stereocenters. The maximum absolute atomic E-state index is 11.9. The summed E-state index contributed by atoms with van der Waals surface area (Å²) in [5, 5.41) is 16.0. The van der Waals surface area contributed by atoms with Gasteiger partial charge >= 0.3 is 5.22 Å². The molecule has 0 spiro atoms. The molecule has 0 atom stereocenters. The van der Waals surface area contributed by atoms with E-state index in [1.54, 1.807) is 19.1 Å². The van der Waals surface area contributed by atoms with Crippen molar-refractivity contribution in [3.8, 4) is 11.5 Å². The van der Waals surface area contributed by atoms with E-state index in [1.165, 1.54) is 24.0 Å². The van der Waals surface area contributed by atoms with Crippen molar-refractivity contribution in [1.29, 1.82) is 0 Å². The van der Waals surface area contributed by atoms with E-state index in [1.807, 2.05) is 24.3 Å². The van der Waals surface area contributed by atoms with Gasteiger partial charge in [0.25, 0.3) is 5.91 Å². The van der Waals surface area contributed by atoms with E-state index in [9.17, 15) is 9.90 Å². The third-order valence-corrected chi connectivity index (χ3v) is 4.19. The van der Waals surface area contributed by atoms with Crippen LogP contribution in [-0.4, -0.2) is 24.5 Å². The number of hydrogen-bond donors (Lipinski definition) is 1. The second kappa shape index (κ2) is 8.39. The number of nitrogens with one attached hydrogen (secondary N) is 2. The Morgan fingerprint density at radius 2 is 2.23 bits per heavy atom. The number of aromatic nitrogens is 1. The van der Waals surface area contributed by atoms with Crippen LogP contribution in [-0.2, 0) is 4.79 Å². The Hall–Kier alpha value is -3.00. The summed E-state index contributed by atoms with van der Waals surface area (Å²) in [6, 6.07) is 12.1. The van der Waals surface area contributed by atoms with Crippen LogP contribution >= 0.6 is 11.8 Å². The number of hydrogen-bond acceptors (Lipinski definition) is 6. The Kier molecular flexibility index (Phi) is 5.75. The van der Waals surface area contributed by atoms with Crippen LogP contribution in [0.4, 0.5) is 0 Å². The number of nitrogens with zero attached hydrogens (tertiary/aromatic N) is 1. The normalized spacial score (nSPS) is 11.1. The fraction of sp³-hybridized carbons (Fsp3) is 0.167. The van der Waals surface area contributed by atoms with Crippen LogP contribution in [0.15, 0.2) is 57.2 Å². The SMILES string of the molecule is CCOc1cc(C=NNC(=O)CSc2[nH+]c3ccccc3o2)ccc1[O-]. The fourth-order valence-electron chi connectivity index (χ4n) is 2.18. The van der Waals surface area contributed by atoms with Crippen molar-refractivity contribution >= 4 is 35.0 Å². The molecule has 3 aromatic rings. The summed E-state index contributed by atoms with van der Waals surface area (Å²) in [7, 11) is 0. The predicted octanol–water partition coefficient (Wildman–Crippen LogP) is 1.96. The number of amides is 1. The van der Waals surface area contributed by atoms with Crippen molar-refractivity contribution in [3.63, 3.8) is 0 Å². The molecule has 0 saturated carbocycles. The molecule has 0 saturated heterocycles. The highest BCUT2D eigenvalue weighted by atomic mass is 32.2. The molecule has 0 aliphatic heterocycles. The standard InChI is InChI=1S/C18H17N3O4S/c1-2-24-16-9-12(7-8-14(16)22)10-19-21-17(23)11-26-18-20-13-5-3-4-6-15(13)25-18/h3-10,22H,2,11H2,1H3,(H,21,23). The Bertz CT molecular complexity index is 906. The average molecular weight is 371 g/mol. The van der Waals surface area contributed by atoms with Crippen LogP contribution in [0.3, 0.4) is 0 Å². The van der Waals surface area contributed by atoms with E-state index in [4.69, 9.17) is 9.15 Å². The molecule has 3 rings (SSSR count). The lowest BCUT2D eigenvalue weighted by molar-refractivity contribution is -0.411. The number of para-hydroxylation sites is 2. The van der Waals surface area contributed by atoms with Gasteiger partial charge in [-0.3, -0.25) is 4.79 Å². The van der Waals surface area contributed by atoms with Crippen molar-refractivity contribution in [3.05, 3.63) is 48.0 Å². The zero-order chi connectivity index (χ0) is 18.4. The molecule has 26 heavy (non-hydrogen) atoms. The number of hydrazone groups is 1. The van der Waals surface area contributed by atoms with E-state index in [-0.39, 0.29) is 23.2 Å². The van der Waals surface area contributed by atoms with Crippen molar-refractivity contribution in [2.45, 2.75) is 12.1 Å². The molecule has 0 bridgehead atoms. The second-order valence-electron chi connectivity index (χ2n) is 5.23. The average Bonchev–Trinajstić information content (AvgIpc) is 3.06. The molecule has 0 radical (unpaired) electrons. The van der Waals surface area contributed by atoms with Gasteiger partial charge in [-0.25, -0.2) is 5.43 Å². The lowest BCUT2D eigenvalue weighted by Crippen LogP contribution is -2.20. The van der Waals surface area contributed by atoms with E-state index in [2.05, 4.69) is 15.5 Å². The molecule has 0 aliphatic rings. The van der Waals surface area contributed by atoms with Gasteiger partial charge < -0.3 is 14.3 Å². The van der Waals surface area contributed by atoms with E-state index in [0.29, 0.717) is 17.4 Å². The summed E-state index contributed by atoms with van der Waals surface area (Å²) >= 11 is 1.24.